The number of benzene rings is 1. The van der Waals surface area contributed by atoms with Gasteiger partial charge in [0.25, 0.3) is 5.91 Å². The molecule has 1 aromatic carbocycles. The van der Waals surface area contributed by atoms with Gasteiger partial charge in [-0.3, -0.25) is 4.79 Å². The molecule has 1 rings (SSSR count). The first-order chi connectivity index (χ1) is 11.6. The topological polar surface area (TPSA) is 65.5 Å². The molecule has 5 nitrogen and oxygen atoms in total. The summed E-state index contributed by atoms with van der Waals surface area (Å²) in [7, 11) is 0. The molecular formula is C19H32N4O. The lowest BCUT2D eigenvalue weighted by atomic mass is 10.1. The molecule has 0 atom stereocenters. The predicted molar refractivity (Wildman–Crippen MR) is 101 cm³/mol. The first kappa shape index (κ1) is 20.0. The van der Waals surface area contributed by atoms with Gasteiger partial charge in [0.2, 0.25) is 0 Å². The fourth-order valence-electron chi connectivity index (χ4n) is 2.30. The minimum Gasteiger partial charge on any atom is -0.357 e. The molecule has 0 heterocycles. The van der Waals surface area contributed by atoms with Gasteiger partial charge < -0.3 is 16.0 Å². The van der Waals surface area contributed by atoms with Gasteiger partial charge in [0.1, 0.15) is 0 Å². The number of nitrogens with one attached hydrogen (secondary N) is 3. The lowest BCUT2D eigenvalue weighted by molar-refractivity contribution is 0.0955. The summed E-state index contributed by atoms with van der Waals surface area (Å²) in [6.45, 7) is 11.4. The highest BCUT2D eigenvalue weighted by Crippen LogP contribution is 2.07. The highest BCUT2D eigenvalue weighted by Gasteiger charge is 2.05. The monoisotopic (exact) mass is 332 g/mol. The molecule has 0 aliphatic rings. The first-order valence-corrected chi connectivity index (χ1v) is 8.96. The van der Waals surface area contributed by atoms with Crippen molar-refractivity contribution in [2.24, 2.45) is 10.9 Å². The van der Waals surface area contributed by atoms with Crippen LogP contribution in [-0.2, 0) is 6.54 Å². The van der Waals surface area contributed by atoms with E-state index in [9.17, 15) is 4.79 Å². The standard InChI is InChI=1S/C19H32N4O/c1-5-20-18(24)17-11-7-10-16(13-17)14-23-19(21-6-2)22-12-8-9-15(3)4/h7,10-11,13,15H,5-6,8-9,12,14H2,1-4H3,(H,20,24)(H2,21,22,23). The summed E-state index contributed by atoms with van der Waals surface area (Å²) in [6, 6.07) is 7.62. The lowest BCUT2D eigenvalue weighted by Crippen LogP contribution is -2.37. The average molecular weight is 332 g/mol. The summed E-state index contributed by atoms with van der Waals surface area (Å²) < 4.78 is 0. The fraction of sp³-hybridized carbons (Fsp3) is 0.579. The van der Waals surface area contributed by atoms with Crippen molar-refractivity contribution >= 4 is 11.9 Å². The van der Waals surface area contributed by atoms with Crippen LogP contribution < -0.4 is 16.0 Å². The number of guanidine groups is 1. The largest absolute Gasteiger partial charge is 0.357 e. The molecule has 3 N–H and O–H groups in total. The van der Waals surface area contributed by atoms with Crippen LogP contribution in [0.15, 0.2) is 29.3 Å². The molecule has 0 spiro atoms. The molecule has 134 valence electrons. The maximum Gasteiger partial charge on any atom is 0.251 e. The lowest BCUT2D eigenvalue weighted by Gasteiger charge is -2.12. The minimum absolute atomic E-state index is 0.0398. The molecular weight excluding hydrogens is 300 g/mol. The summed E-state index contributed by atoms with van der Waals surface area (Å²) in [5.74, 6) is 1.51. The number of hydrogen-bond donors (Lipinski definition) is 3. The number of hydrogen-bond acceptors (Lipinski definition) is 2. The van der Waals surface area contributed by atoms with E-state index in [4.69, 9.17) is 0 Å². The van der Waals surface area contributed by atoms with Crippen molar-refractivity contribution < 1.29 is 4.79 Å². The third-order valence-corrected chi connectivity index (χ3v) is 3.54. The van der Waals surface area contributed by atoms with E-state index in [1.54, 1.807) is 0 Å². The van der Waals surface area contributed by atoms with Crippen molar-refractivity contribution in [2.75, 3.05) is 19.6 Å². The van der Waals surface area contributed by atoms with E-state index in [-0.39, 0.29) is 5.91 Å². The Balaban J connectivity index is 2.61. The molecule has 1 amide bonds. The van der Waals surface area contributed by atoms with Crippen LogP contribution in [0.3, 0.4) is 0 Å². The summed E-state index contributed by atoms with van der Waals surface area (Å²) in [5, 5.41) is 9.44. The Morgan fingerprint density at radius 2 is 1.88 bits per heavy atom. The van der Waals surface area contributed by atoms with E-state index in [0.29, 0.717) is 18.7 Å². The van der Waals surface area contributed by atoms with Crippen LogP contribution in [0.1, 0.15) is 56.5 Å². The first-order valence-electron chi connectivity index (χ1n) is 8.96. The molecule has 0 saturated carbocycles. The van der Waals surface area contributed by atoms with Gasteiger partial charge in [0, 0.05) is 25.2 Å². The fourth-order valence-corrected chi connectivity index (χ4v) is 2.30. The van der Waals surface area contributed by atoms with Crippen molar-refractivity contribution in [1.82, 2.24) is 16.0 Å². The molecule has 1 aromatic rings. The van der Waals surface area contributed by atoms with E-state index in [0.717, 1.165) is 37.0 Å². The van der Waals surface area contributed by atoms with Crippen LogP contribution in [0.2, 0.25) is 0 Å². The summed E-state index contributed by atoms with van der Waals surface area (Å²) >= 11 is 0. The van der Waals surface area contributed by atoms with Crippen LogP contribution in [-0.4, -0.2) is 31.5 Å². The second kappa shape index (κ2) is 11.5. The molecule has 0 aromatic heterocycles. The van der Waals surface area contributed by atoms with E-state index in [1.165, 1.54) is 6.42 Å². The number of rotatable bonds is 9. The Hall–Kier alpha value is -2.04. The van der Waals surface area contributed by atoms with Crippen LogP contribution in [0, 0.1) is 5.92 Å². The Kier molecular flexibility index (Phi) is 9.58. The van der Waals surface area contributed by atoms with Crippen molar-refractivity contribution in [2.45, 2.75) is 47.1 Å². The van der Waals surface area contributed by atoms with E-state index in [2.05, 4.69) is 41.7 Å². The van der Waals surface area contributed by atoms with Gasteiger partial charge in [0.15, 0.2) is 5.96 Å². The summed E-state index contributed by atoms with van der Waals surface area (Å²) in [6.07, 6.45) is 2.34. The Labute approximate surface area is 146 Å². The third-order valence-electron chi connectivity index (χ3n) is 3.54. The highest BCUT2D eigenvalue weighted by atomic mass is 16.1. The van der Waals surface area contributed by atoms with Crippen LogP contribution in [0.5, 0.6) is 0 Å². The van der Waals surface area contributed by atoms with Crippen LogP contribution in [0.25, 0.3) is 0 Å². The second-order valence-corrected chi connectivity index (χ2v) is 6.22. The average Bonchev–Trinajstić information content (AvgIpc) is 2.56. The van der Waals surface area contributed by atoms with Gasteiger partial charge in [-0.15, -0.1) is 0 Å². The van der Waals surface area contributed by atoms with Crippen molar-refractivity contribution in [3.63, 3.8) is 0 Å². The normalized spacial score (nSPS) is 11.5. The van der Waals surface area contributed by atoms with Gasteiger partial charge in [0.05, 0.1) is 6.54 Å². The van der Waals surface area contributed by atoms with Gasteiger partial charge in [-0.2, -0.15) is 0 Å². The Bertz CT molecular complexity index is 526. The number of carbonyl (C=O) groups excluding carboxylic acids is 1. The number of nitrogens with zero attached hydrogens (tertiary/aromatic N) is 1. The Morgan fingerprint density at radius 3 is 2.54 bits per heavy atom. The molecule has 0 saturated heterocycles. The van der Waals surface area contributed by atoms with Gasteiger partial charge >= 0.3 is 0 Å². The van der Waals surface area contributed by atoms with Gasteiger partial charge in [-0.25, -0.2) is 4.99 Å². The number of amides is 1. The molecule has 0 aliphatic carbocycles. The molecule has 0 fully saturated rings. The molecule has 5 heteroatoms. The van der Waals surface area contributed by atoms with Gasteiger partial charge in [-0.05, 0) is 50.3 Å². The van der Waals surface area contributed by atoms with Crippen LogP contribution in [0.4, 0.5) is 0 Å². The maximum atomic E-state index is 11.9. The maximum absolute atomic E-state index is 11.9. The zero-order valence-electron chi connectivity index (χ0n) is 15.5. The quantitative estimate of drug-likeness (QED) is 0.370. The highest BCUT2D eigenvalue weighted by molar-refractivity contribution is 5.94. The second-order valence-electron chi connectivity index (χ2n) is 6.22. The minimum atomic E-state index is -0.0398. The van der Waals surface area contributed by atoms with E-state index < -0.39 is 0 Å². The molecule has 24 heavy (non-hydrogen) atoms. The zero-order chi connectivity index (χ0) is 17.8. The summed E-state index contributed by atoms with van der Waals surface area (Å²) in [4.78, 5) is 16.5. The predicted octanol–water partition coefficient (Wildman–Crippen LogP) is 2.93. The number of carbonyl (C=O) groups is 1. The van der Waals surface area contributed by atoms with Crippen molar-refractivity contribution in [3.8, 4) is 0 Å². The smallest absolute Gasteiger partial charge is 0.251 e. The molecule has 0 aliphatic heterocycles. The Morgan fingerprint density at radius 1 is 1.12 bits per heavy atom. The number of aliphatic imine (C=N–C) groups is 1. The molecule has 0 bridgehead atoms. The third kappa shape index (κ3) is 7.99. The zero-order valence-corrected chi connectivity index (χ0v) is 15.5. The van der Waals surface area contributed by atoms with E-state index in [1.807, 2.05) is 31.2 Å². The van der Waals surface area contributed by atoms with Crippen LogP contribution >= 0.6 is 0 Å². The summed E-state index contributed by atoms with van der Waals surface area (Å²) in [5.41, 5.74) is 1.71. The van der Waals surface area contributed by atoms with E-state index >= 15 is 0 Å². The van der Waals surface area contributed by atoms with Crippen molar-refractivity contribution in [1.29, 1.82) is 0 Å². The molecule has 0 radical (unpaired) electrons. The van der Waals surface area contributed by atoms with Crippen molar-refractivity contribution in [3.05, 3.63) is 35.4 Å². The SMILES string of the molecule is CCNC(=O)c1cccc(CN=C(NCC)NCCCC(C)C)c1. The van der Waals surface area contributed by atoms with Gasteiger partial charge in [-0.1, -0.05) is 26.0 Å². The molecule has 0 unspecified atom stereocenters.